The third-order valence-corrected chi connectivity index (χ3v) is 3.47. The molecule has 0 bridgehead atoms. The van der Waals surface area contributed by atoms with Crippen molar-refractivity contribution in [2.75, 3.05) is 33.4 Å². The van der Waals surface area contributed by atoms with Gasteiger partial charge in [0.1, 0.15) is 5.56 Å². The lowest BCUT2D eigenvalue weighted by atomic mass is 10.1. The second kappa shape index (κ2) is 7.30. The number of carboxylic acid groups (broad SMARTS) is 1. The molecule has 0 aromatic heterocycles. The second-order valence-corrected chi connectivity index (χ2v) is 5.10. The van der Waals surface area contributed by atoms with Crippen LogP contribution in [-0.4, -0.2) is 60.4 Å². The van der Waals surface area contributed by atoms with Crippen LogP contribution < -0.4 is 0 Å². The predicted octanol–water partition coefficient (Wildman–Crippen LogP) is 1.14. The van der Waals surface area contributed by atoms with Crippen molar-refractivity contribution in [3.63, 3.8) is 0 Å². The number of hydrogen-bond acceptors (Lipinski definition) is 6. The Morgan fingerprint density at radius 2 is 2.36 bits per heavy atom. The molecule has 8 nitrogen and oxygen atoms in total. The highest BCUT2D eigenvalue weighted by Crippen LogP contribution is 2.21. The van der Waals surface area contributed by atoms with E-state index in [1.807, 2.05) is 0 Å². The van der Waals surface area contributed by atoms with Crippen molar-refractivity contribution in [2.24, 2.45) is 0 Å². The summed E-state index contributed by atoms with van der Waals surface area (Å²) in [5, 5.41) is 19.9. The molecular formula is C14H18N2O6. The number of morpholine rings is 1. The molecule has 0 amide bonds. The quantitative estimate of drug-likeness (QED) is 0.621. The molecule has 1 aromatic rings. The molecule has 1 fully saturated rings. The maximum atomic E-state index is 11.2. The van der Waals surface area contributed by atoms with Gasteiger partial charge in [0.2, 0.25) is 0 Å². The third kappa shape index (κ3) is 4.00. The lowest BCUT2D eigenvalue weighted by Crippen LogP contribution is -2.43. The van der Waals surface area contributed by atoms with Gasteiger partial charge in [0, 0.05) is 32.8 Å². The molecule has 0 aliphatic carbocycles. The van der Waals surface area contributed by atoms with Gasteiger partial charge in [0.25, 0.3) is 5.69 Å². The molecular weight excluding hydrogens is 292 g/mol. The van der Waals surface area contributed by atoms with Crippen LogP contribution in [0.1, 0.15) is 15.9 Å². The van der Waals surface area contributed by atoms with Crippen molar-refractivity contribution >= 4 is 11.7 Å². The van der Waals surface area contributed by atoms with Gasteiger partial charge in [0.05, 0.1) is 24.2 Å². The molecule has 1 atom stereocenters. The topological polar surface area (TPSA) is 102 Å². The molecule has 1 N–H and O–H groups in total. The van der Waals surface area contributed by atoms with Gasteiger partial charge < -0.3 is 14.6 Å². The van der Waals surface area contributed by atoms with Crippen LogP contribution >= 0.6 is 0 Å². The van der Waals surface area contributed by atoms with E-state index < -0.39 is 16.6 Å². The number of carbonyl (C=O) groups is 1. The van der Waals surface area contributed by atoms with Gasteiger partial charge in [-0.05, 0) is 11.6 Å². The molecule has 22 heavy (non-hydrogen) atoms. The molecule has 1 heterocycles. The van der Waals surface area contributed by atoms with Gasteiger partial charge in [-0.1, -0.05) is 6.07 Å². The Bertz CT molecular complexity index is 560. The van der Waals surface area contributed by atoms with Crippen molar-refractivity contribution in [3.8, 4) is 0 Å². The summed E-state index contributed by atoms with van der Waals surface area (Å²) >= 11 is 0. The van der Waals surface area contributed by atoms with Crippen LogP contribution in [0.25, 0.3) is 0 Å². The number of rotatable bonds is 6. The molecule has 120 valence electrons. The Morgan fingerprint density at radius 3 is 3.00 bits per heavy atom. The predicted molar refractivity (Wildman–Crippen MR) is 76.9 cm³/mol. The van der Waals surface area contributed by atoms with Crippen LogP contribution in [0.2, 0.25) is 0 Å². The fraction of sp³-hybridized carbons (Fsp3) is 0.500. The van der Waals surface area contributed by atoms with Crippen LogP contribution in [-0.2, 0) is 16.0 Å². The Labute approximate surface area is 127 Å². The number of hydrogen-bond donors (Lipinski definition) is 1. The van der Waals surface area contributed by atoms with Gasteiger partial charge in [-0.25, -0.2) is 4.79 Å². The number of aromatic carboxylic acids is 1. The number of nitro benzene ring substituents is 1. The first-order valence-corrected chi connectivity index (χ1v) is 6.84. The van der Waals surface area contributed by atoms with E-state index in [1.54, 1.807) is 13.2 Å². The second-order valence-electron chi connectivity index (χ2n) is 5.10. The van der Waals surface area contributed by atoms with E-state index in [0.717, 1.165) is 12.1 Å². The average Bonchev–Trinajstić information content (AvgIpc) is 2.47. The van der Waals surface area contributed by atoms with Crippen molar-refractivity contribution in [3.05, 3.63) is 39.4 Å². The van der Waals surface area contributed by atoms with E-state index in [9.17, 15) is 14.9 Å². The molecule has 1 saturated heterocycles. The summed E-state index contributed by atoms with van der Waals surface area (Å²) < 4.78 is 10.6. The van der Waals surface area contributed by atoms with Crippen molar-refractivity contribution < 1.29 is 24.3 Å². The SMILES string of the molecule is COC[C@@H]1CN(Cc2ccc([N+](=O)[O-])c(C(=O)O)c2)CCO1. The molecule has 1 aromatic carbocycles. The van der Waals surface area contributed by atoms with Crippen molar-refractivity contribution in [1.82, 2.24) is 4.90 Å². The highest BCUT2D eigenvalue weighted by molar-refractivity contribution is 5.92. The van der Waals surface area contributed by atoms with Gasteiger partial charge in [-0.15, -0.1) is 0 Å². The molecule has 0 saturated carbocycles. The van der Waals surface area contributed by atoms with E-state index in [1.165, 1.54) is 12.1 Å². The Kier molecular flexibility index (Phi) is 5.42. The van der Waals surface area contributed by atoms with Crippen LogP contribution in [0.5, 0.6) is 0 Å². The maximum Gasteiger partial charge on any atom is 0.342 e. The minimum absolute atomic E-state index is 0.0178. The number of nitro groups is 1. The minimum atomic E-state index is -1.30. The summed E-state index contributed by atoms with van der Waals surface area (Å²) in [5.41, 5.74) is 0.0424. The monoisotopic (exact) mass is 310 g/mol. The van der Waals surface area contributed by atoms with Crippen LogP contribution in [0, 0.1) is 10.1 Å². The molecule has 0 unspecified atom stereocenters. The molecule has 8 heteroatoms. The maximum absolute atomic E-state index is 11.2. The Morgan fingerprint density at radius 1 is 1.59 bits per heavy atom. The number of ether oxygens (including phenoxy) is 2. The minimum Gasteiger partial charge on any atom is -0.477 e. The number of methoxy groups -OCH3 is 1. The van der Waals surface area contributed by atoms with E-state index in [4.69, 9.17) is 14.6 Å². The lowest BCUT2D eigenvalue weighted by Gasteiger charge is -2.32. The Balaban J connectivity index is 2.11. The number of carboxylic acids is 1. The van der Waals surface area contributed by atoms with Gasteiger partial charge >= 0.3 is 5.97 Å². The van der Waals surface area contributed by atoms with E-state index in [-0.39, 0.29) is 11.7 Å². The fourth-order valence-electron chi connectivity index (χ4n) is 2.48. The molecule has 0 radical (unpaired) electrons. The normalized spacial score (nSPS) is 19.0. The van der Waals surface area contributed by atoms with E-state index in [0.29, 0.717) is 26.3 Å². The zero-order valence-corrected chi connectivity index (χ0v) is 12.2. The number of nitrogens with zero attached hydrogens (tertiary/aromatic N) is 2. The highest BCUT2D eigenvalue weighted by atomic mass is 16.6. The van der Waals surface area contributed by atoms with Crippen molar-refractivity contribution in [2.45, 2.75) is 12.6 Å². The first kappa shape index (κ1) is 16.3. The first-order chi connectivity index (χ1) is 10.5. The zero-order chi connectivity index (χ0) is 16.1. The largest absolute Gasteiger partial charge is 0.477 e. The number of benzene rings is 1. The highest BCUT2D eigenvalue weighted by Gasteiger charge is 2.23. The average molecular weight is 310 g/mol. The summed E-state index contributed by atoms with van der Waals surface area (Å²) in [6.07, 6.45) is -0.0178. The lowest BCUT2D eigenvalue weighted by molar-refractivity contribution is -0.385. The van der Waals surface area contributed by atoms with Crippen LogP contribution in [0.15, 0.2) is 18.2 Å². The fourth-order valence-corrected chi connectivity index (χ4v) is 2.48. The van der Waals surface area contributed by atoms with Crippen LogP contribution in [0.3, 0.4) is 0 Å². The van der Waals surface area contributed by atoms with Crippen LogP contribution in [0.4, 0.5) is 5.69 Å². The van der Waals surface area contributed by atoms with E-state index in [2.05, 4.69) is 4.90 Å². The molecule has 1 aliphatic rings. The summed E-state index contributed by atoms with van der Waals surface area (Å²) in [7, 11) is 1.61. The first-order valence-electron chi connectivity index (χ1n) is 6.84. The summed E-state index contributed by atoms with van der Waals surface area (Å²) in [6.45, 7) is 2.98. The third-order valence-electron chi connectivity index (χ3n) is 3.47. The van der Waals surface area contributed by atoms with E-state index >= 15 is 0 Å². The van der Waals surface area contributed by atoms with Gasteiger partial charge in [-0.3, -0.25) is 15.0 Å². The summed E-state index contributed by atoms with van der Waals surface area (Å²) in [4.78, 5) is 23.4. The van der Waals surface area contributed by atoms with Gasteiger partial charge in [-0.2, -0.15) is 0 Å². The molecule has 0 spiro atoms. The smallest absolute Gasteiger partial charge is 0.342 e. The summed E-state index contributed by atoms with van der Waals surface area (Å²) in [5.74, 6) is -1.30. The summed E-state index contributed by atoms with van der Waals surface area (Å²) in [6, 6.07) is 4.19. The Hall–Kier alpha value is -2.03. The van der Waals surface area contributed by atoms with Crippen molar-refractivity contribution in [1.29, 1.82) is 0 Å². The zero-order valence-electron chi connectivity index (χ0n) is 12.2. The molecule has 2 rings (SSSR count). The standard InChI is InChI=1S/C14H18N2O6/c1-21-9-11-8-15(4-5-22-11)7-10-2-3-13(16(19)20)12(6-10)14(17)18/h2-3,6,11H,4-5,7-9H2,1H3,(H,17,18)/t11-/m0/s1. The molecule has 1 aliphatic heterocycles. The van der Waals surface area contributed by atoms with Gasteiger partial charge in [0.15, 0.2) is 0 Å².